The molecule has 0 spiro atoms. The highest BCUT2D eigenvalue weighted by molar-refractivity contribution is 5.81. The number of rotatable bonds is 12. The Morgan fingerprint density at radius 2 is 1.86 bits per heavy atom. The van der Waals surface area contributed by atoms with Crippen LogP contribution in [0.25, 0.3) is 0 Å². The molecule has 1 unspecified atom stereocenters. The molecule has 0 aliphatic carbocycles. The first kappa shape index (κ1) is 23.1. The summed E-state index contributed by atoms with van der Waals surface area (Å²) < 4.78 is 16.7. The van der Waals surface area contributed by atoms with Gasteiger partial charge in [-0.3, -0.25) is 9.69 Å². The molecule has 1 aliphatic rings. The van der Waals surface area contributed by atoms with E-state index in [9.17, 15) is 10.1 Å². The first-order valence-corrected chi connectivity index (χ1v) is 10.4. The highest BCUT2D eigenvalue weighted by Gasteiger charge is 2.41. The minimum atomic E-state index is -0.857. The zero-order valence-electron chi connectivity index (χ0n) is 17.6. The maximum absolute atomic E-state index is 11.8. The molecule has 0 bridgehead atoms. The molecule has 2 rings (SSSR count). The molecular weight excluding hydrogens is 370 g/mol. The minimum absolute atomic E-state index is 0.470. The molecule has 1 aromatic carbocycles. The van der Waals surface area contributed by atoms with E-state index in [2.05, 4.69) is 11.0 Å². The SMILES string of the molecule is CCC(CC)(c1ccc(OCCOCCN2CCOCC2)cc1)C(C#N)C(N)=O. The Morgan fingerprint density at radius 1 is 1.21 bits per heavy atom. The number of carbonyl (C=O) groups excluding carboxylic acids is 1. The third kappa shape index (κ3) is 6.17. The number of amides is 1. The lowest BCUT2D eigenvalue weighted by atomic mass is 9.67. The molecule has 0 aromatic heterocycles. The number of ether oxygens (including phenoxy) is 3. The van der Waals surface area contributed by atoms with Gasteiger partial charge in [-0.15, -0.1) is 0 Å². The van der Waals surface area contributed by atoms with E-state index in [0.717, 1.165) is 44.2 Å². The summed E-state index contributed by atoms with van der Waals surface area (Å²) >= 11 is 0. The van der Waals surface area contributed by atoms with Gasteiger partial charge in [-0.2, -0.15) is 5.26 Å². The van der Waals surface area contributed by atoms with Crippen molar-refractivity contribution in [3.63, 3.8) is 0 Å². The van der Waals surface area contributed by atoms with Gasteiger partial charge in [0, 0.05) is 25.0 Å². The summed E-state index contributed by atoms with van der Waals surface area (Å²) in [6, 6.07) is 9.70. The molecule has 7 heteroatoms. The number of primary amides is 1. The van der Waals surface area contributed by atoms with Crippen LogP contribution < -0.4 is 10.5 Å². The largest absolute Gasteiger partial charge is 0.491 e. The zero-order chi connectivity index (χ0) is 21.1. The predicted molar refractivity (Wildman–Crippen MR) is 111 cm³/mol. The van der Waals surface area contributed by atoms with Crippen LogP contribution in [0.4, 0.5) is 0 Å². The number of hydrogen-bond donors (Lipinski definition) is 1. The topological polar surface area (TPSA) is 97.8 Å². The van der Waals surface area contributed by atoms with Crippen LogP contribution in [-0.4, -0.2) is 63.5 Å². The van der Waals surface area contributed by atoms with E-state index in [-0.39, 0.29) is 0 Å². The second-order valence-corrected chi connectivity index (χ2v) is 7.27. The van der Waals surface area contributed by atoms with Crippen LogP contribution >= 0.6 is 0 Å². The van der Waals surface area contributed by atoms with Crippen LogP contribution in [0.3, 0.4) is 0 Å². The normalized spacial score (nSPS) is 16.2. The van der Waals surface area contributed by atoms with Gasteiger partial charge >= 0.3 is 0 Å². The van der Waals surface area contributed by atoms with Crippen molar-refractivity contribution in [3.05, 3.63) is 29.8 Å². The minimum Gasteiger partial charge on any atom is -0.491 e. The molecule has 1 aromatic rings. The Bertz CT molecular complexity index is 662. The van der Waals surface area contributed by atoms with E-state index < -0.39 is 17.2 Å². The van der Waals surface area contributed by atoms with Crippen molar-refractivity contribution in [2.75, 3.05) is 52.7 Å². The van der Waals surface area contributed by atoms with E-state index in [1.165, 1.54) is 0 Å². The van der Waals surface area contributed by atoms with Gasteiger partial charge < -0.3 is 19.9 Å². The van der Waals surface area contributed by atoms with Crippen LogP contribution in [0.15, 0.2) is 24.3 Å². The molecule has 1 amide bonds. The number of benzene rings is 1. The summed E-state index contributed by atoms with van der Waals surface area (Å²) in [5.41, 5.74) is 5.85. The van der Waals surface area contributed by atoms with E-state index in [4.69, 9.17) is 19.9 Å². The van der Waals surface area contributed by atoms with Crippen LogP contribution in [0.5, 0.6) is 5.75 Å². The fourth-order valence-corrected chi connectivity index (χ4v) is 3.91. The highest BCUT2D eigenvalue weighted by atomic mass is 16.5. The van der Waals surface area contributed by atoms with Crippen molar-refractivity contribution in [3.8, 4) is 11.8 Å². The Hall–Kier alpha value is -2.14. The Balaban J connectivity index is 1.82. The second-order valence-electron chi connectivity index (χ2n) is 7.27. The lowest BCUT2D eigenvalue weighted by molar-refractivity contribution is -0.122. The van der Waals surface area contributed by atoms with Crippen molar-refractivity contribution < 1.29 is 19.0 Å². The van der Waals surface area contributed by atoms with Gasteiger partial charge in [0.15, 0.2) is 0 Å². The van der Waals surface area contributed by atoms with Crippen LogP contribution in [0.2, 0.25) is 0 Å². The zero-order valence-corrected chi connectivity index (χ0v) is 17.6. The molecule has 0 saturated carbocycles. The molecule has 0 radical (unpaired) electrons. The monoisotopic (exact) mass is 403 g/mol. The summed E-state index contributed by atoms with van der Waals surface area (Å²) in [5, 5.41) is 9.48. The lowest BCUT2D eigenvalue weighted by Gasteiger charge is -2.35. The molecule has 1 saturated heterocycles. The molecule has 7 nitrogen and oxygen atoms in total. The first-order valence-electron chi connectivity index (χ1n) is 10.4. The van der Waals surface area contributed by atoms with Crippen LogP contribution in [-0.2, 0) is 19.7 Å². The number of hydrogen-bond acceptors (Lipinski definition) is 6. The van der Waals surface area contributed by atoms with E-state index in [1.807, 2.05) is 38.1 Å². The van der Waals surface area contributed by atoms with Gasteiger partial charge in [0.05, 0.1) is 32.5 Å². The van der Waals surface area contributed by atoms with Crippen LogP contribution in [0, 0.1) is 17.2 Å². The smallest absolute Gasteiger partial charge is 0.235 e. The molecule has 160 valence electrons. The number of nitrogens with zero attached hydrogens (tertiary/aromatic N) is 2. The molecule has 1 heterocycles. The maximum Gasteiger partial charge on any atom is 0.235 e. The Labute approximate surface area is 173 Å². The third-order valence-electron chi connectivity index (χ3n) is 5.81. The average Bonchev–Trinajstić information content (AvgIpc) is 2.75. The first-order chi connectivity index (χ1) is 14.1. The van der Waals surface area contributed by atoms with E-state index in [0.29, 0.717) is 32.7 Å². The summed E-state index contributed by atoms with van der Waals surface area (Å²) in [6.45, 7) is 10.1. The molecular formula is C22H33N3O4. The average molecular weight is 404 g/mol. The van der Waals surface area contributed by atoms with Gasteiger partial charge in [-0.1, -0.05) is 26.0 Å². The van der Waals surface area contributed by atoms with Gasteiger partial charge in [-0.05, 0) is 30.5 Å². The Morgan fingerprint density at radius 3 is 2.41 bits per heavy atom. The van der Waals surface area contributed by atoms with Crippen molar-refractivity contribution in [1.29, 1.82) is 5.26 Å². The molecule has 1 atom stereocenters. The summed E-state index contributed by atoms with van der Waals surface area (Å²) in [4.78, 5) is 14.1. The fraction of sp³-hybridized carbons (Fsp3) is 0.636. The van der Waals surface area contributed by atoms with E-state index >= 15 is 0 Å². The lowest BCUT2D eigenvalue weighted by Crippen LogP contribution is -2.41. The standard InChI is InChI=1S/C22H33N3O4/c1-3-22(4-2,20(17-23)21(24)26)18-5-7-19(8-6-18)29-16-15-28-14-11-25-9-12-27-13-10-25/h5-8,20H,3-4,9-16H2,1-2H3,(H2,24,26). The number of carbonyl (C=O) groups is 1. The molecule has 1 fully saturated rings. The van der Waals surface area contributed by atoms with Gasteiger partial charge in [0.2, 0.25) is 5.91 Å². The summed E-state index contributed by atoms with van der Waals surface area (Å²) in [7, 11) is 0. The molecule has 1 aliphatic heterocycles. The maximum atomic E-state index is 11.8. The van der Waals surface area contributed by atoms with Crippen molar-refractivity contribution in [2.45, 2.75) is 32.1 Å². The Kier molecular flexibility index (Phi) is 9.39. The molecule has 2 N–H and O–H groups in total. The molecule has 29 heavy (non-hydrogen) atoms. The summed E-state index contributed by atoms with van der Waals surface area (Å²) in [6.07, 6.45) is 1.31. The van der Waals surface area contributed by atoms with Crippen molar-refractivity contribution >= 4 is 5.91 Å². The van der Waals surface area contributed by atoms with Crippen LogP contribution in [0.1, 0.15) is 32.3 Å². The number of nitriles is 1. The second kappa shape index (κ2) is 11.8. The number of nitrogens with two attached hydrogens (primary N) is 1. The van der Waals surface area contributed by atoms with Gasteiger partial charge in [-0.25, -0.2) is 0 Å². The van der Waals surface area contributed by atoms with Gasteiger partial charge in [0.25, 0.3) is 0 Å². The van der Waals surface area contributed by atoms with Crippen molar-refractivity contribution in [2.24, 2.45) is 11.7 Å². The highest BCUT2D eigenvalue weighted by Crippen LogP contribution is 2.39. The third-order valence-corrected chi connectivity index (χ3v) is 5.81. The van der Waals surface area contributed by atoms with E-state index in [1.54, 1.807) is 0 Å². The fourth-order valence-electron chi connectivity index (χ4n) is 3.91. The van der Waals surface area contributed by atoms with Gasteiger partial charge in [0.1, 0.15) is 18.3 Å². The predicted octanol–water partition coefficient (Wildman–Crippen LogP) is 2.10. The van der Waals surface area contributed by atoms with Crippen molar-refractivity contribution in [1.82, 2.24) is 4.90 Å². The quantitative estimate of drug-likeness (QED) is 0.537. The number of morpholine rings is 1. The summed E-state index contributed by atoms with van der Waals surface area (Å²) in [5.74, 6) is -0.700.